The first-order chi connectivity index (χ1) is 31.9. The monoisotopic (exact) mass is 930 g/mol. The summed E-state index contributed by atoms with van der Waals surface area (Å²) in [4.78, 5) is 27.2. The number of aliphatic hydroxyl groups is 4. The highest BCUT2D eigenvalue weighted by Crippen LogP contribution is 2.71. The molecule has 5 fully saturated rings. The van der Waals surface area contributed by atoms with Gasteiger partial charge in [-0.05, 0) is 94.4 Å². The molecule has 14 nitrogen and oxygen atoms in total. The lowest BCUT2D eigenvalue weighted by Crippen LogP contribution is -2.78. The first-order valence-electron chi connectivity index (χ1n) is 24.0. The van der Waals surface area contributed by atoms with Crippen molar-refractivity contribution in [3.05, 3.63) is 95.6 Å². The molecule has 2 heterocycles. The number of methoxy groups -OCH3 is 2. The van der Waals surface area contributed by atoms with Crippen LogP contribution in [0.3, 0.4) is 0 Å². The molecule has 0 spiro atoms. The van der Waals surface area contributed by atoms with Gasteiger partial charge < -0.3 is 58.3 Å². The van der Waals surface area contributed by atoms with Crippen LogP contribution in [0.4, 0.5) is 0 Å². The summed E-state index contributed by atoms with van der Waals surface area (Å²) in [6.45, 7) is 9.07. The van der Waals surface area contributed by atoms with Gasteiger partial charge in [-0.1, -0.05) is 86.2 Å². The van der Waals surface area contributed by atoms with Crippen molar-refractivity contribution in [2.24, 2.45) is 16.7 Å². The van der Waals surface area contributed by atoms with Crippen molar-refractivity contribution in [2.45, 2.75) is 177 Å². The van der Waals surface area contributed by atoms with Gasteiger partial charge in [0, 0.05) is 45.1 Å². The first-order valence-corrected chi connectivity index (χ1v) is 24.0. The molecule has 6 aliphatic rings. The van der Waals surface area contributed by atoms with Crippen molar-refractivity contribution in [1.29, 1.82) is 0 Å². The van der Waals surface area contributed by atoms with Crippen molar-refractivity contribution in [1.82, 2.24) is 0 Å². The average Bonchev–Trinajstić information content (AvgIpc) is 3.55. The summed E-state index contributed by atoms with van der Waals surface area (Å²) >= 11 is 0. The zero-order valence-electron chi connectivity index (χ0n) is 39.8. The van der Waals surface area contributed by atoms with Crippen molar-refractivity contribution in [2.75, 3.05) is 14.2 Å². The predicted molar refractivity (Wildman–Crippen MR) is 247 cm³/mol. The summed E-state index contributed by atoms with van der Waals surface area (Å²) in [5.74, 6) is -1.93. The molecule has 2 aromatic carbocycles. The van der Waals surface area contributed by atoms with Crippen LogP contribution >= 0.6 is 0 Å². The third-order valence-corrected chi connectivity index (χ3v) is 16.8. The highest BCUT2D eigenvalue weighted by molar-refractivity contribution is 5.88. The molecule has 0 radical (unpaired) electrons. The first kappa shape index (κ1) is 49.6. The Morgan fingerprint density at radius 1 is 0.776 bits per heavy atom. The van der Waals surface area contributed by atoms with Gasteiger partial charge in [0.25, 0.3) is 0 Å². The Hall–Kier alpha value is -3.80. The number of hydrogen-bond donors (Lipinski definition) is 4. The summed E-state index contributed by atoms with van der Waals surface area (Å²) in [6, 6.07) is 18.6. The van der Waals surface area contributed by atoms with E-state index in [2.05, 4.69) is 6.92 Å². The van der Waals surface area contributed by atoms with Crippen LogP contribution in [-0.4, -0.2) is 131 Å². The van der Waals surface area contributed by atoms with Crippen LogP contribution in [0.25, 0.3) is 12.2 Å². The Morgan fingerprint density at radius 2 is 1.37 bits per heavy atom. The third-order valence-electron chi connectivity index (χ3n) is 16.8. The van der Waals surface area contributed by atoms with E-state index in [-0.39, 0.29) is 37.9 Å². The summed E-state index contributed by atoms with van der Waals surface area (Å²) in [5, 5.41) is 49.9. The third kappa shape index (κ3) is 9.01. The van der Waals surface area contributed by atoms with Crippen LogP contribution < -0.4 is 0 Å². The van der Waals surface area contributed by atoms with Crippen LogP contribution in [0.5, 0.6) is 0 Å². The number of aliphatic hydroxyl groups excluding tert-OH is 1. The Morgan fingerprint density at radius 3 is 2.01 bits per heavy atom. The van der Waals surface area contributed by atoms with E-state index < -0.39 is 101 Å². The number of hydrogen-bond acceptors (Lipinski definition) is 14. The van der Waals surface area contributed by atoms with Gasteiger partial charge in [0.05, 0.1) is 35.9 Å². The molecule has 2 saturated heterocycles. The molecule has 366 valence electrons. The average molecular weight is 931 g/mol. The Labute approximate surface area is 394 Å². The highest BCUT2D eigenvalue weighted by Gasteiger charge is 2.81. The largest absolute Gasteiger partial charge is 0.458 e. The van der Waals surface area contributed by atoms with Gasteiger partial charge >= 0.3 is 11.9 Å². The number of rotatable bonds is 13. The molecule has 2 aliphatic heterocycles. The van der Waals surface area contributed by atoms with Crippen LogP contribution in [0.15, 0.2) is 84.5 Å². The van der Waals surface area contributed by atoms with E-state index in [0.717, 1.165) is 16.7 Å². The van der Waals surface area contributed by atoms with Crippen LogP contribution in [0.2, 0.25) is 0 Å². The molecular formula is C53H70O14. The van der Waals surface area contributed by atoms with Crippen molar-refractivity contribution in [3.8, 4) is 0 Å². The van der Waals surface area contributed by atoms with Crippen LogP contribution in [0.1, 0.15) is 104 Å². The quantitative estimate of drug-likeness (QED) is 0.101. The molecule has 14 heteroatoms. The van der Waals surface area contributed by atoms with Gasteiger partial charge in [0.1, 0.15) is 41.2 Å². The van der Waals surface area contributed by atoms with Crippen LogP contribution in [-0.2, 0) is 47.5 Å². The molecule has 0 bridgehead atoms. The highest BCUT2D eigenvalue weighted by atomic mass is 16.7. The molecule has 0 aromatic heterocycles. The normalized spacial score (nSPS) is 42.3. The van der Waals surface area contributed by atoms with Crippen molar-refractivity contribution in [3.63, 3.8) is 0 Å². The fourth-order valence-electron chi connectivity index (χ4n) is 12.8. The minimum absolute atomic E-state index is 0.0270. The summed E-state index contributed by atoms with van der Waals surface area (Å²) < 4.78 is 49.3. The lowest BCUT2D eigenvalue weighted by molar-refractivity contribution is -0.328. The molecule has 4 aliphatic carbocycles. The van der Waals surface area contributed by atoms with Gasteiger partial charge in [-0.2, -0.15) is 0 Å². The predicted octanol–water partition coefficient (Wildman–Crippen LogP) is 6.22. The minimum Gasteiger partial charge on any atom is -0.458 e. The topological polar surface area (TPSA) is 189 Å². The van der Waals surface area contributed by atoms with Gasteiger partial charge in [0.2, 0.25) is 0 Å². The number of esters is 2. The molecule has 3 saturated carbocycles. The number of carbonyl (C=O) groups is 2. The molecule has 67 heavy (non-hydrogen) atoms. The minimum atomic E-state index is -1.98. The maximum absolute atomic E-state index is 13.9. The molecule has 0 amide bonds. The molecule has 2 aromatic rings. The van der Waals surface area contributed by atoms with Gasteiger partial charge in [-0.25, -0.2) is 9.59 Å². The lowest BCUT2D eigenvalue weighted by atomic mass is 9.42. The van der Waals surface area contributed by atoms with Crippen molar-refractivity contribution < 1.29 is 67.9 Å². The maximum Gasteiger partial charge on any atom is 0.331 e. The Kier molecular flexibility index (Phi) is 14.5. The molecule has 0 unspecified atom stereocenters. The number of ether oxygens (including phenoxy) is 8. The van der Waals surface area contributed by atoms with Crippen molar-refractivity contribution >= 4 is 24.1 Å². The zero-order chi connectivity index (χ0) is 47.9. The van der Waals surface area contributed by atoms with E-state index in [1.807, 2.05) is 73.7 Å². The second-order valence-electron chi connectivity index (χ2n) is 20.2. The van der Waals surface area contributed by atoms with E-state index >= 15 is 0 Å². The Bertz CT molecular complexity index is 2150. The standard InChI is InChI=1S/C53H70O14/c1-32-47(56)39(60-6)29-46(62-32)67-48-33(2)63-45(30-40(48)61-7)65-38-23-24-49(4)37(28-38)22-25-52(58)41(49)31-42(66-44(55)21-19-36-16-12-9-13-17-36)50(5)51(57,26-27-53(50,52)59)34(3)64-43(54)20-18-35-14-10-8-11-15-35/h8-22,32-34,38-42,45-48,56-59H,23-31H2,1-7H3/t32-,33+,34-,38-,39-,40-,41+,42+,45-,46-,47-,48+,49-,50+,51+,52-,53+/m0/s1. The van der Waals surface area contributed by atoms with E-state index in [1.165, 1.54) is 12.2 Å². The van der Waals surface area contributed by atoms with Crippen LogP contribution in [0, 0.1) is 16.7 Å². The lowest BCUT2D eigenvalue weighted by Gasteiger charge is -2.67. The van der Waals surface area contributed by atoms with E-state index in [9.17, 15) is 30.0 Å². The van der Waals surface area contributed by atoms with Gasteiger partial charge in [-0.3, -0.25) is 0 Å². The number of carbonyl (C=O) groups excluding carboxylic acids is 2. The number of fused-ring (bicyclic) bond motifs is 5. The fourth-order valence-corrected chi connectivity index (χ4v) is 12.8. The second kappa shape index (κ2) is 19.5. The smallest absolute Gasteiger partial charge is 0.331 e. The van der Waals surface area contributed by atoms with E-state index in [0.29, 0.717) is 32.1 Å². The Balaban J connectivity index is 1.01. The summed E-state index contributed by atoms with van der Waals surface area (Å²) in [5.41, 5.74) is -5.31. The van der Waals surface area contributed by atoms with Gasteiger partial charge in [0.15, 0.2) is 12.6 Å². The van der Waals surface area contributed by atoms with E-state index in [1.54, 1.807) is 47.1 Å². The molecule has 8 rings (SSSR count). The molecular weight excluding hydrogens is 861 g/mol. The number of benzene rings is 2. The van der Waals surface area contributed by atoms with Gasteiger partial charge in [-0.15, -0.1) is 0 Å². The second-order valence-corrected chi connectivity index (χ2v) is 20.2. The molecule has 4 N–H and O–H groups in total. The SMILES string of the molecule is CO[C@H]1C[C@H](O[C@H]2[C@@H](OC)C[C@H](O[C@H]3CC[C@@]4(C)C(=CC[C@]5(O)[C@@H]4C[C@@H](OC(=O)C=Cc4ccccc4)[C@@]4(C)[C@]5(O)CC[C@@]4(O)[C@H](C)OC(=O)C=Cc4ccccc4)C3)O[C@@H]2C)O[C@@H](C)[C@@H]1O. The summed E-state index contributed by atoms with van der Waals surface area (Å²) in [7, 11) is 3.20. The molecule has 17 atom stereocenters. The summed E-state index contributed by atoms with van der Waals surface area (Å²) in [6.07, 6.45) is 4.07. The zero-order valence-corrected chi connectivity index (χ0v) is 39.8. The fraction of sp³-hybridized carbons (Fsp3) is 0.623. The maximum atomic E-state index is 13.9. The van der Waals surface area contributed by atoms with E-state index in [4.69, 9.17) is 37.9 Å².